The normalized spacial score (nSPS) is 17.8. The molecule has 2 rings (SSSR count). The Hall–Kier alpha value is -1.75. The molecule has 0 unspecified atom stereocenters. The van der Waals surface area contributed by atoms with Crippen LogP contribution in [0.25, 0.3) is 0 Å². The third kappa shape index (κ3) is 3.67. The lowest BCUT2D eigenvalue weighted by atomic mass is 9.67. The van der Waals surface area contributed by atoms with E-state index in [1.54, 1.807) is 6.07 Å². The van der Waals surface area contributed by atoms with Crippen LogP contribution < -0.4 is 11.1 Å². The summed E-state index contributed by atoms with van der Waals surface area (Å²) in [5, 5.41) is 21.6. The number of hydrogen-bond donors (Lipinski definition) is 4. The predicted molar refractivity (Wildman–Crippen MR) is 81.0 cm³/mol. The van der Waals surface area contributed by atoms with Crippen LogP contribution in [0.15, 0.2) is 18.2 Å². The Balaban J connectivity index is 1.86. The monoisotopic (exact) mass is 292 g/mol. The molecule has 1 saturated carbocycles. The molecular weight excluding hydrogens is 268 g/mol. The summed E-state index contributed by atoms with van der Waals surface area (Å²) in [5.41, 5.74) is 6.91. The minimum absolute atomic E-state index is 0.165. The Morgan fingerprint density at radius 3 is 2.62 bits per heavy atom. The Kier molecular flexibility index (Phi) is 4.73. The molecule has 0 saturated heterocycles. The lowest BCUT2D eigenvalue weighted by Crippen LogP contribution is -2.48. The van der Waals surface area contributed by atoms with Gasteiger partial charge in [0.05, 0.1) is 6.04 Å². The van der Waals surface area contributed by atoms with Crippen molar-refractivity contribution in [2.75, 3.05) is 6.54 Å². The maximum atomic E-state index is 12.1. The van der Waals surface area contributed by atoms with E-state index >= 15 is 0 Å². The molecule has 5 N–H and O–H groups in total. The van der Waals surface area contributed by atoms with E-state index in [0.29, 0.717) is 13.0 Å². The Morgan fingerprint density at radius 1 is 1.38 bits per heavy atom. The standard InChI is InChI=1S/C16H24N2O3/c1-2-16(6-3-7-16)10-18-15(21)12(17)8-11-4-5-13(19)14(20)9-11/h4-5,9,12,19-20H,2-3,6-8,10,17H2,1H3,(H,18,21)/t12-/m0/s1. The summed E-state index contributed by atoms with van der Waals surface area (Å²) < 4.78 is 0. The molecule has 0 heterocycles. The fraction of sp³-hybridized carbons (Fsp3) is 0.562. The Labute approximate surface area is 125 Å². The highest BCUT2D eigenvalue weighted by atomic mass is 16.3. The van der Waals surface area contributed by atoms with Crippen LogP contribution in [0.5, 0.6) is 11.5 Å². The number of aromatic hydroxyl groups is 2. The highest BCUT2D eigenvalue weighted by Gasteiger charge is 2.35. The molecule has 0 bridgehead atoms. The first kappa shape index (κ1) is 15.6. The largest absolute Gasteiger partial charge is 0.504 e. The second-order valence-electron chi connectivity index (χ2n) is 6.06. The highest BCUT2D eigenvalue weighted by molar-refractivity contribution is 5.81. The molecule has 1 aromatic carbocycles. The summed E-state index contributed by atoms with van der Waals surface area (Å²) in [5.74, 6) is -0.534. The first-order chi connectivity index (χ1) is 9.96. The quantitative estimate of drug-likeness (QED) is 0.600. The molecule has 0 aliphatic heterocycles. The van der Waals surface area contributed by atoms with E-state index in [0.717, 1.165) is 12.0 Å². The van der Waals surface area contributed by atoms with Crippen LogP contribution in [-0.2, 0) is 11.2 Å². The topological polar surface area (TPSA) is 95.6 Å². The first-order valence-electron chi connectivity index (χ1n) is 7.50. The van der Waals surface area contributed by atoms with Crippen molar-refractivity contribution in [3.8, 4) is 11.5 Å². The molecule has 1 amide bonds. The van der Waals surface area contributed by atoms with Crippen LogP contribution in [0, 0.1) is 5.41 Å². The zero-order valence-corrected chi connectivity index (χ0v) is 12.4. The number of rotatable bonds is 6. The summed E-state index contributed by atoms with van der Waals surface area (Å²) in [6.07, 6.45) is 4.99. The van der Waals surface area contributed by atoms with Crippen molar-refractivity contribution < 1.29 is 15.0 Å². The lowest BCUT2D eigenvalue weighted by molar-refractivity contribution is -0.123. The predicted octanol–water partition coefficient (Wildman–Crippen LogP) is 1.66. The molecule has 5 nitrogen and oxygen atoms in total. The minimum Gasteiger partial charge on any atom is -0.504 e. The van der Waals surface area contributed by atoms with Crippen molar-refractivity contribution in [1.29, 1.82) is 0 Å². The van der Waals surface area contributed by atoms with E-state index in [2.05, 4.69) is 12.2 Å². The van der Waals surface area contributed by atoms with Crippen LogP contribution in [0.2, 0.25) is 0 Å². The zero-order valence-electron chi connectivity index (χ0n) is 12.4. The van der Waals surface area contributed by atoms with Gasteiger partial charge < -0.3 is 21.3 Å². The summed E-state index contributed by atoms with van der Waals surface area (Å²) in [7, 11) is 0. The maximum Gasteiger partial charge on any atom is 0.237 e. The average molecular weight is 292 g/mol. The molecule has 1 fully saturated rings. The van der Waals surface area contributed by atoms with Crippen LogP contribution in [0.3, 0.4) is 0 Å². The van der Waals surface area contributed by atoms with Gasteiger partial charge in [-0.3, -0.25) is 4.79 Å². The van der Waals surface area contributed by atoms with Crippen LogP contribution in [-0.4, -0.2) is 28.7 Å². The van der Waals surface area contributed by atoms with Gasteiger partial charge in [0.25, 0.3) is 0 Å². The number of phenolic OH excluding ortho intramolecular Hbond substituents is 2. The van der Waals surface area contributed by atoms with Crippen molar-refractivity contribution in [2.45, 2.75) is 45.1 Å². The number of nitrogens with one attached hydrogen (secondary N) is 1. The molecule has 0 radical (unpaired) electrons. The number of carbonyl (C=O) groups is 1. The number of carbonyl (C=O) groups excluding carboxylic acids is 1. The van der Waals surface area contributed by atoms with Crippen LogP contribution in [0.4, 0.5) is 0 Å². The molecule has 0 spiro atoms. The van der Waals surface area contributed by atoms with Crippen molar-refractivity contribution in [1.82, 2.24) is 5.32 Å². The molecule has 1 aliphatic rings. The molecule has 1 aromatic rings. The van der Waals surface area contributed by atoms with E-state index in [-0.39, 0.29) is 22.8 Å². The van der Waals surface area contributed by atoms with E-state index < -0.39 is 6.04 Å². The number of hydrogen-bond acceptors (Lipinski definition) is 4. The third-order valence-electron chi connectivity index (χ3n) is 4.63. The molecule has 21 heavy (non-hydrogen) atoms. The van der Waals surface area contributed by atoms with Crippen molar-refractivity contribution in [3.63, 3.8) is 0 Å². The van der Waals surface area contributed by atoms with Crippen LogP contribution >= 0.6 is 0 Å². The third-order valence-corrected chi connectivity index (χ3v) is 4.63. The number of phenols is 2. The fourth-order valence-electron chi connectivity index (χ4n) is 2.78. The number of amides is 1. The van der Waals surface area contributed by atoms with Crippen LogP contribution in [0.1, 0.15) is 38.2 Å². The van der Waals surface area contributed by atoms with Gasteiger partial charge >= 0.3 is 0 Å². The van der Waals surface area contributed by atoms with Gasteiger partial charge in [0, 0.05) is 6.54 Å². The van der Waals surface area contributed by atoms with Gasteiger partial charge in [-0.2, -0.15) is 0 Å². The highest BCUT2D eigenvalue weighted by Crippen LogP contribution is 2.43. The first-order valence-corrected chi connectivity index (χ1v) is 7.50. The summed E-state index contributed by atoms with van der Waals surface area (Å²) >= 11 is 0. The SMILES string of the molecule is CCC1(CNC(=O)[C@@H](N)Cc2ccc(O)c(O)c2)CCC1. The molecule has 0 aromatic heterocycles. The Bertz CT molecular complexity index is 507. The van der Waals surface area contributed by atoms with Gasteiger partial charge in [0.15, 0.2) is 11.5 Å². The second-order valence-corrected chi connectivity index (χ2v) is 6.06. The van der Waals surface area contributed by atoms with E-state index in [9.17, 15) is 15.0 Å². The molecule has 116 valence electrons. The van der Waals surface area contributed by atoms with E-state index in [1.165, 1.54) is 31.4 Å². The average Bonchev–Trinajstić information content (AvgIpc) is 2.42. The second kappa shape index (κ2) is 6.35. The van der Waals surface area contributed by atoms with E-state index in [1.807, 2.05) is 0 Å². The van der Waals surface area contributed by atoms with Crippen molar-refractivity contribution >= 4 is 5.91 Å². The Morgan fingerprint density at radius 2 is 2.10 bits per heavy atom. The molecule has 5 heteroatoms. The molecule has 1 atom stereocenters. The molecule has 1 aliphatic carbocycles. The van der Waals surface area contributed by atoms with Gasteiger partial charge in [0.1, 0.15) is 0 Å². The number of nitrogens with two attached hydrogens (primary N) is 1. The number of benzene rings is 1. The summed E-state index contributed by atoms with van der Waals surface area (Å²) in [4.78, 5) is 12.1. The summed E-state index contributed by atoms with van der Waals surface area (Å²) in [6, 6.07) is 3.84. The van der Waals surface area contributed by atoms with E-state index in [4.69, 9.17) is 5.73 Å². The maximum absolute atomic E-state index is 12.1. The van der Waals surface area contributed by atoms with Crippen molar-refractivity contribution in [2.24, 2.45) is 11.1 Å². The van der Waals surface area contributed by atoms with Gasteiger partial charge in [-0.15, -0.1) is 0 Å². The minimum atomic E-state index is -0.650. The molecular formula is C16H24N2O3. The van der Waals surface area contributed by atoms with Gasteiger partial charge in [-0.1, -0.05) is 19.4 Å². The summed E-state index contributed by atoms with van der Waals surface area (Å²) in [6.45, 7) is 2.85. The fourth-order valence-corrected chi connectivity index (χ4v) is 2.78. The van der Waals surface area contributed by atoms with Gasteiger partial charge in [0.2, 0.25) is 5.91 Å². The smallest absolute Gasteiger partial charge is 0.237 e. The zero-order chi connectivity index (χ0) is 15.5. The van der Waals surface area contributed by atoms with Crippen molar-refractivity contribution in [3.05, 3.63) is 23.8 Å². The van der Waals surface area contributed by atoms with Gasteiger partial charge in [-0.05, 0) is 48.8 Å². The lowest BCUT2D eigenvalue weighted by Gasteiger charge is -2.41. The van der Waals surface area contributed by atoms with Gasteiger partial charge in [-0.25, -0.2) is 0 Å².